The van der Waals surface area contributed by atoms with E-state index in [4.69, 9.17) is 22.7 Å². The Balaban J connectivity index is 2.77. The average molecular weight is 330 g/mol. The summed E-state index contributed by atoms with van der Waals surface area (Å²) in [4.78, 5) is 0.294. The zero-order valence-corrected chi connectivity index (χ0v) is 14.1. The molecule has 21 heavy (non-hydrogen) atoms. The topological polar surface area (TPSA) is 81.4 Å². The van der Waals surface area contributed by atoms with Gasteiger partial charge in [0.05, 0.1) is 12.4 Å². The Hall–Kier alpha value is -1.02. The molecule has 3 N–H and O–H groups in total. The monoisotopic (exact) mass is 330 g/mol. The van der Waals surface area contributed by atoms with Crippen LogP contribution >= 0.6 is 12.2 Å². The van der Waals surface area contributed by atoms with Gasteiger partial charge >= 0.3 is 0 Å². The number of sulfonamides is 1. The lowest BCUT2D eigenvalue weighted by atomic mass is 10.1. The molecule has 0 spiro atoms. The first kappa shape index (κ1) is 18.0. The van der Waals surface area contributed by atoms with Crippen LogP contribution in [0.3, 0.4) is 0 Å². The summed E-state index contributed by atoms with van der Waals surface area (Å²) >= 11 is 4.86. The Labute approximate surface area is 131 Å². The fourth-order valence-corrected chi connectivity index (χ4v) is 3.45. The van der Waals surface area contributed by atoms with Gasteiger partial charge in [0, 0.05) is 18.7 Å². The molecule has 0 aliphatic heterocycles. The summed E-state index contributed by atoms with van der Waals surface area (Å²) in [6, 6.07) is 6.64. The van der Waals surface area contributed by atoms with Crippen molar-refractivity contribution in [1.29, 1.82) is 0 Å². The van der Waals surface area contributed by atoms with E-state index in [0.29, 0.717) is 17.2 Å². The molecule has 0 saturated heterocycles. The second kappa shape index (κ2) is 7.84. The largest absolute Gasteiger partial charge is 0.389 e. The first-order valence-corrected chi connectivity index (χ1v) is 8.69. The minimum absolute atomic E-state index is 0.0858. The van der Waals surface area contributed by atoms with E-state index in [0.717, 1.165) is 5.56 Å². The Morgan fingerprint density at radius 1 is 1.33 bits per heavy atom. The van der Waals surface area contributed by atoms with Crippen LogP contribution in [0, 0.1) is 5.92 Å². The van der Waals surface area contributed by atoms with Gasteiger partial charge in [-0.1, -0.05) is 50.3 Å². The van der Waals surface area contributed by atoms with Gasteiger partial charge < -0.3 is 10.5 Å². The third-order valence-electron chi connectivity index (χ3n) is 3.08. The number of hydrogen-bond donors (Lipinski definition) is 2. The molecule has 1 aromatic carbocycles. The first-order chi connectivity index (χ1) is 9.75. The second-order valence-corrected chi connectivity index (χ2v) is 7.44. The highest BCUT2D eigenvalue weighted by molar-refractivity contribution is 7.88. The Bertz CT molecular complexity index is 568. The third kappa shape index (κ3) is 6.09. The quantitative estimate of drug-likeness (QED) is 0.704. The van der Waals surface area contributed by atoms with Gasteiger partial charge in [0.15, 0.2) is 0 Å². The summed E-state index contributed by atoms with van der Waals surface area (Å²) in [5.41, 5.74) is 6.91. The van der Waals surface area contributed by atoms with Crippen molar-refractivity contribution >= 4 is 27.2 Å². The lowest BCUT2D eigenvalue weighted by Crippen LogP contribution is -2.42. The molecule has 0 aliphatic carbocycles. The molecule has 0 fully saturated rings. The van der Waals surface area contributed by atoms with Crippen molar-refractivity contribution in [3.05, 3.63) is 35.4 Å². The Morgan fingerprint density at radius 3 is 2.33 bits per heavy atom. The van der Waals surface area contributed by atoms with Crippen LogP contribution in [0.2, 0.25) is 0 Å². The zero-order valence-electron chi connectivity index (χ0n) is 12.5. The van der Waals surface area contributed by atoms with E-state index in [1.807, 2.05) is 13.8 Å². The zero-order chi connectivity index (χ0) is 16.0. The molecule has 7 heteroatoms. The molecule has 0 heterocycles. The Morgan fingerprint density at radius 2 is 1.90 bits per heavy atom. The summed E-state index contributed by atoms with van der Waals surface area (Å²) in [5, 5.41) is 0. The number of benzene rings is 1. The van der Waals surface area contributed by atoms with Crippen molar-refractivity contribution in [2.24, 2.45) is 11.7 Å². The normalized spacial score (nSPS) is 13.3. The molecule has 1 atom stereocenters. The lowest BCUT2D eigenvalue weighted by Gasteiger charge is -2.21. The van der Waals surface area contributed by atoms with Gasteiger partial charge in [0.25, 0.3) is 0 Å². The number of nitrogens with two attached hydrogens (primary N) is 1. The van der Waals surface area contributed by atoms with Crippen LogP contribution in [-0.4, -0.2) is 33.2 Å². The molecule has 0 bridgehead atoms. The second-order valence-electron chi connectivity index (χ2n) is 5.24. The highest BCUT2D eigenvalue weighted by Crippen LogP contribution is 2.10. The molecule has 0 amide bonds. The van der Waals surface area contributed by atoms with Gasteiger partial charge in [-0.25, -0.2) is 13.1 Å². The van der Waals surface area contributed by atoms with Crippen molar-refractivity contribution < 1.29 is 13.2 Å². The van der Waals surface area contributed by atoms with E-state index in [1.165, 1.54) is 0 Å². The van der Waals surface area contributed by atoms with Gasteiger partial charge in [-0.15, -0.1) is 0 Å². The fraction of sp³-hybridized carbons (Fsp3) is 0.500. The number of nitrogens with one attached hydrogen (secondary N) is 1. The van der Waals surface area contributed by atoms with Gasteiger partial charge in [0.1, 0.15) is 4.99 Å². The SMILES string of the molecule is COCC(NS(=O)(=O)Cc1ccc(C(N)=S)cc1)C(C)C. The summed E-state index contributed by atoms with van der Waals surface area (Å²) in [6.45, 7) is 4.24. The van der Waals surface area contributed by atoms with Crippen molar-refractivity contribution in [1.82, 2.24) is 4.72 Å². The van der Waals surface area contributed by atoms with E-state index >= 15 is 0 Å². The molecule has 118 valence electrons. The molecule has 1 aromatic rings. The predicted molar refractivity (Wildman–Crippen MR) is 88.6 cm³/mol. The number of thiocarbonyl (C=S) groups is 1. The van der Waals surface area contributed by atoms with Crippen LogP contribution < -0.4 is 10.5 Å². The number of hydrogen-bond acceptors (Lipinski definition) is 4. The minimum Gasteiger partial charge on any atom is -0.389 e. The van der Waals surface area contributed by atoms with E-state index in [9.17, 15) is 8.42 Å². The summed E-state index contributed by atoms with van der Waals surface area (Å²) < 4.78 is 32.1. The van der Waals surface area contributed by atoms with E-state index in [-0.39, 0.29) is 17.7 Å². The molecule has 5 nitrogen and oxygen atoms in total. The van der Waals surface area contributed by atoms with Gasteiger partial charge in [-0.3, -0.25) is 0 Å². The van der Waals surface area contributed by atoms with Crippen LogP contribution in [0.15, 0.2) is 24.3 Å². The van der Waals surface area contributed by atoms with E-state index in [1.54, 1.807) is 31.4 Å². The Kier molecular flexibility index (Phi) is 6.73. The first-order valence-electron chi connectivity index (χ1n) is 6.63. The van der Waals surface area contributed by atoms with Gasteiger partial charge in [0.2, 0.25) is 10.0 Å². The van der Waals surface area contributed by atoms with Crippen molar-refractivity contribution in [2.45, 2.75) is 25.6 Å². The maximum absolute atomic E-state index is 12.2. The van der Waals surface area contributed by atoms with Crippen LogP contribution in [0.25, 0.3) is 0 Å². The molecule has 0 radical (unpaired) electrons. The summed E-state index contributed by atoms with van der Waals surface area (Å²) in [6.07, 6.45) is 0. The lowest BCUT2D eigenvalue weighted by molar-refractivity contribution is 0.157. The fourth-order valence-electron chi connectivity index (χ4n) is 1.80. The average Bonchev–Trinajstić information content (AvgIpc) is 2.38. The van der Waals surface area contributed by atoms with Crippen molar-refractivity contribution in [3.8, 4) is 0 Å². The van der Waals surface area contributed by atoms with Crippen LogP contribution in [0.5, 0.6) is 0 Å². The van der Waals surface area contributed by atoms with Crippen LogP contribution in [0.1, 0.15) is 25.0 Å². The number of ether oxygens (including phenoxy) is 1. The smallest absolute Gasteiger partial charge is 0.216 e. The maximum Gasteiger partial charge on any atom is 0.216 e. The highest BCUT2D eigenvalue weighted by atomic mass is 32.2. The minimum atomic E-state index is -3.43. The molecule has 1 unspecified atom stereocenters. The van der Waals surface area contributed by atoms with Crippen LogP contribution in [0.4, 0.5) is 0 Å². The number of rotatable bonds is 8. The van der Waals surface area contributed by atoms with Crippen LogP contribution in [-0.2, 0) is 20.5 Å². The molecule has 1 rings (SSSR count). The molecule has 0 aliphatic rings. The number of methoxy groups -OCH3 is 1. The van der Waals surface area contributed by atoms with Crippen molar-refractivity contribution in [3.63, 3.8) is 0 Å². The predicted octanol–water partition coefficient (Wildman–Crippen LogP) is 1.41. The molecule has 0 saturated carbocycles. The summed E-state index contributed by atoms with van der Waals surface area (Å²) in [7, 11) is -1.87. The summed E-state index contributed by atoms with van der Waals surface area (Å²) in [5.74, 6) is 0.0640. The van der Waals surface area contributed by atoms with Gasteiger partial charge in [-0.2, -0.15) is 0 Å². The molecule has 0 aromatic heterocycles. The van der Waals surface area contributed by atoms with Crippen molar-refractivity contribution in [2.75, 3.05) is 13.7 Å². The van der Waals surface area contributed by atoms with E-state index in [2.05, 4.69) is 4.72 Å². The maximum atomic E-state index is 12.2. The third-order valence-corrected chi connectivity index (χ3v) is 4.69. The molecular formula is C14H22N2O3S2. The highest BCUT2D eigenvalue weighted by Gasteiger charge is 2.21. The van der Waals surface area contributed by atoms with E-state index < -0.39 is 10.0 Å². The van der Waals surface area contributed by atoms with Gasteiger partial charge in [-0.05, 0) is 11.5 Å². The standard InChI is InChI=1S/C14H22N2O3S2/c1-10(2)13(8-19-3)16-21(17,18)9-11-4-6-12(7-5-11)14(15)20/h4-7,10,13,16H,8-9H2,1-3H3,(H2,15,20). The molecular weight excluding hydrogens is 308 g/mol.